The van der Waals surface area contributed by atoms with Crippen LogP contribution >= 0.6 is 0 Å². The number of hydrogen-bond donors (Lipinski definition) is 1. The third kappa shape index (κ3) is 3.85. The molecule has 2 nitrogen and oxygen atoms in total. The minimum absolute atomic E-state index is 0.0379. The van der Waals surface area contributed by atoms with Gasteiger partial charge in [-0.25, -0.2) is 0 Å². The Morgan fingerprint density at radius 3 is 2.65 bits per heavy atom. The Kier molecular flexibility index (Phi) is 4.31. The van der Waals surface area contributed by atoms with Crippen molar-refractivity contribution in [1.82, 2.24) is 5.32 Å². The largest absolute Gasteiger partial charge is 0.391 e. The molecule has 2 rings (SSSR count). The third-order valence-corrected chi connectivity index (χ3v) is 3.86. The highest BCUT2D eigenvalue weighted by Crippen LogP contribution is 2.37. The Bertz CT molecular complexity index is 238. The lowest BCUT2D eigenvalue weighted by atomic mass is 9.85. The summed E-state index contributed by atoms with van der Waals surface area (Å²) in [7, 11) is 0. The quantitative estimate of drug-likeness (QED) is 0.832. The van der Waals surface area contributed by atoms with Crippen LogP contribution in [-0.2, 0) is 4.74 Å². The highest BCUT2D eigenvalue weighted by atomic mass is 19.4. The summed E-state index contributed by atoms with van der Waals surface area (Å²) < 4.78 is 43.1. The molecule has 1 aliphatic carbocycles. The molecule has 0 bridgehead atoms. The molecule has 0 aromatic carbocycles. The van der Waals surface area contributed by atoms with Crippen molar-refractivity contribution in [2.45, 2.75) is 44.3 Å². The molecule has 3 atom stereocenters. The molecule has 1 heterocycles. The van der Waals surface area contributed by atoms with Gasteiger partial charge >= 0.3 is 6.18 Å². The lowest BCUT2D eigenvalue weighted by Crippen LogP contribution is -2.40. The average molecular weight is 251 g/mol. The zero-order valence-electron chi connectivity index (χ0n) is 9.93. The molecule has 1 N–H and O–H groups in total. The van der Waals surface area contributed by atoms with Crippen LogP contribution in [0.15, 0.2) is 0 Å². The van der Waals surface area contributed by atoms with Gasteiger partial charge in [0.1, 0.15) is 0 Å². The minimum atomic E-state index is -4.02. The summed E-state index contributed by atoms with van der Waals surface area (Å²) in [5, 5.41) is 3.29. The number of nitrogens with one attached hydrogen (secondary N) is 1. The van der Waals surface area contributed by atoms with Gasteiger partial charge in [-0.05, 0) is 31.6 Å². The van der Waals surface area contributed by atoms with Crippen LogP contribution in [-0.4, -0.2) is 32.0 Å². The summed E-state index contributed by atoms with van der Waals surface area (Å²) >= 11 is 0. The van der Waals surface area contributed by atoms with E-state index in [0.29, 0.717) is 18.8 Å². The maximum Gasteiger partial charge on any atom is 0.391 e. The van der Waals surface area contributed by atoms with Crippen molar-refractivity contribution < 1.29 is 17.9 Å². The Morgan fingerprint density at radius 2 is 2.00 bits per heavy atom. The molecular weight excluding hydrogens is 231 g/mol. The number of halogens is 3. The molecule has 17 heavy (non-hydrogen) atoms. The highest BCUT2D eigenvalue weighted by Gasteiger charge is 2.42. The highest BCUT2D eigenvalue weighted by molar-refractivity contribution is 4.82. The number of ether oxygens (including phenoxy) is 1. The van der Waals surface area contributed by atoms with Gasteiger partial charge in [-0.15, -0.1) is 0 Å². The minimum Gasteiger partial charge on any atom is -0.381 e. The van der Waals surface area contributed by atoms with Gasteiger partial charge in [0.25, 0.3) is 0 Å². The van der Waals surface area contributed by atoms with Crippen LogP contribution in [0.3, 0.4) is 0 Å². The van der Waals surface area contributed by atoms with Crippen LogP contribution in [0.25, 0.3) is 0 Å². The van der Waals surface area contributed by atoms with Crippen molar-refractivity contribution in [2.75, 3.05) is 19.8 Å². The van der Waals surface area contributed by atoms with Gasteiger partial charge in [-0.2, -0.15) is 13.2 Å². The van der Waals surface area contributed by atoms with Gasteiger partial charge < -0.3 is 10.1 Å². The van der Waals surface area contributed by atoms with E-state index < -0.39 is 12.1 Å². The van der Waals surface area contributed by atoms with Gasteiger partial charge in [0.15, 0.2) is 0 Å². The predicted octanol–water partition coefficient (Wildman–Crippen LogP) is 2.73. The van der Waals surface area contributed by atoms with Gasteiger partial charge in [-0.3, -0.25) is 0 Å². The SMILES string of the molecule is FC(F)(F)C1CCCC(NCC2CCOC2)C1. The molecule has 0 aromatic rings. The van der Waals surface area contributed by atoms with E-state index in [-0.39, 0.29) is 12.5 Å². The lowest BCUT2D eigenvalue weighted by molar-refractivity contribution is -0.183. The predicted molar refractivity (Wildman–Crippen MR) is 58.7 cm³/mol. The van der Waals surface area contributed by atoms with E-state index in [4.69, 9.17) is 4.74 Å². The number of alkyl halides is 3. The van der Waals surface area contributed by atoms with E-state index in [1.807, 2.05) is 0 Å². The van der Waals surface area contributed by atoms with Gasteiger partial charge in [0.05, 0.1) is 12.5 Å². The van der Waals surface area contributed by atoms with E-state index in [9.17, 15) is 13.2 Å². The number of rotatable bonds is 3. The van der Waals surface area contributed by atoms with Crippen LogP contribution in [0.4, 0.5) is 13.2 Å². The Morgan fingerprint density at radius 1 is 1.18 bits per heavy atom. The van der Waals surface area contributed by atoms with Crippen LogP contribution in [0.5, 0.6) is 0 Å². The molecule has 0 aromatic heterocycles. The molecule has 3 unspecified atom stereocenters. The molecule has 1 saturated carbocycles. The van der Waals surface area contributed by atoms with Crippen molar-refractivity contribution in [3.8, 4) is 0 Å². The lowest BCUT2D eigenvalue weighted by Gasteiger charge is -2.31. The van der Waals surface area contributed by atoms with E-state index >= 15 is 0 Å². The first kappa shape index (κ1) is 13.1. The molecule has 1 aliphatic heterocycles. The smallest absolute Gasteiger partial charge is 0.381 e. The van der Waals surface area contributed by atoms with Crippen LogP contribution < -0.4 is 5.32 Å². The van der Waals surface area contributed by atoms with Crippen molar-refractivity contribution in [1.29, 1.82) is 0 Å². The van der Waals surface area contributed by atoms with Crippen LogP contribution in [0.1, 0.15) is 32.1 Å². The summed E-state index contributed by atoms with van der Waals surface area (Å²) in [5.74, 6) is -0.616. The Labute approximate surface area is 99.9 Å². The molecule has 0 radical (unpaired) electrons. The Hall–Kier alpha value is -0.290. The molecule has 0 spiro atoms. The molecule has 2 fully saturated rings. The molecule has 100 valence electrons. The second kappa shape index (κ2) is 5.57. The van der Waals surface area contributed by atoms with E-state index in [1.165, 1.54) is 0 Å². The van der Waals surface area contributed by atoms with Crippen LogP contribution in [0, 0.1) is 11.8 Å². The molecular formula is C12H20F3NO. The Balaban J connectivity index is 1.73. The zero-order chi connectivity index (χ0) is 12.3. The zero-order valence-corrected chi connectivity index (χ0v) is 9.93. The van der Waals surface area contributed by atoms with E-state index in [1.54, 1.807) is 0 Å². The fourth-order valence-corrected chi connectivity index (χ4v) is 2.75. The monoisotopic (exact) mass is 251 g/mol. The fourth-order valence-electron chi connectivity index (χ4n) is 2.75. The second-order valence-corrected chi connectivity index (χ2v) is 5.24. The third-order valence-electron chi connectivity index (χ3n) is 3.86. The van der Waals surface area contributed by atoms with Crippen molar-refractivity contribution in [3.63, 3.8) is 0 Å². The van der Waals surface area contributed by atoms with Gasteiger partial charge in [0, 0.05) is 19.2 Å². The summed E-state index contributed by atoms with van der Waals surface area (Å²) in [4.78, 5) is 0. The summed E-state index contributed by atoms with van der Waals surface area (Å²) in [6.45, 7) is 2.35. The van der Waals surface area contributed by atoms with E-state index in [0.717, 1.165) is 32.6 Å². The summed E-state index contributed by atoms with van der Waals surface area (Å²) in [6.07, 6.45) is -0.881. The van der Waals surface area contributed by atoms with E-state index in [2.05, 4.69) is 5.32 Å². The standard InChI is InChI=1S/C12H20F3NO/c13-12(14,15)10-2-1-3-11(6-10)16-7-9-4-5-17-8-9/h9-11,16H,1-8H2. The molecule has 1 saturated heterocycles. The first-order valence-corrected chi connectivity index (χ1v) is 6.43. The fraction of sp³-hybridized carbons (Fsp3) is 1.00. The summed E-state index contributed by atoms with van der Waals surface area (Å²) in [5.41, 5.74) is 0. The van der Waals surface area contributed by atoms with Crippen molar-refractivity contribution in [2.24, 2.45) is 11.8 Å². The first-order valence-electron chi connectivity index (χ1n) is 6.43. The molecule has 5 heteroatoms. The first-order chi connectivity index (χ1) is 8.05. The number of hydrogen-bond acceptors (Lipinski definition) is 2. The van der Waals surface area contributed by atoms with Crippen LogP contribution in [0.2, 0.25) is 0 Å². The average Bonchev–Trinajstić information content (AvgIpc) is 2.78. The normalized spacial score (nSPS) is 35.1. The maximum absolute atomic E-state index is 12.6. The maximum atomic E-state index is 12.6. The second-order valence-electron chi connectivity index (χ2n) is 5.24. The molecule has 0 amide bonds. The van der Waals surface area contributed by atoms with Crippen molar-refractivity contribution in [3.05, 3.63) is 0 Å². The molecule has 2 aliphatic rings. The summed E-state index contributed by atoms with van der Waals surface area (Å²) in [6, 6.07) is 0.0379. The van der Waals surface area contributed by atoms with Gasteiger partial charge in [0.2, 0.25) is 0 Å². The topological polar surface area (TPSA) is 21.3 Å². The van der Waals surface area contributed by atoms with Gasteiger partial charge in [-0.1, -0.05) is 6.42 Å². The van der Waals surface area contributed by atoms with Crippen molar-refractivity contribution >= 4 is 0 Å².